The fourth-order valence-corrected chi connectivity index (χ4v) is 3.13. The number of quaternary nitrogens is 1. The summed E-state index contributed by atoms with van der Waals surface area (Å²) in [5.74, 6) is -0.172. The maximum Gasteiger partial charge on any atom is 0.254 e. The summed E-state index contributed by atoms with van der Waals surface area (Å²) in [6.07, 6.45) is 0. The van der Waals surface area contributed by atoms with Gasteiger partial charge in [-0.1, -0.05) is 29.8 Å². The van der Waals surface area contributed by atoms with Crippen molar-refractivity contribution in [3.05, 3.63) is 70.5 Å². The molecule has 0 radical (unpaired) electrons. The number of hydrogen-bond donors (Lipinski definition) is 1. The lowest BCUT2D eigenvalue weighted by atomic mass is 10.1. The highest BCUT2D eigenvalue weighted by Crippen LogP contribution is 2.13. The zero-order valence-corrected chi connectivity index (χ0v) is 13.5. The molecule has 1 aliphatic rings. The lowest BCUT2D eigenvalue weighted by molar-refractivity contribution is -0.917. The summed E-state index contributed by atoms with van der Waals surface area (Å²) in [6.45, 7) is 3.93. The second-order valence-corrected chi connectivity index (χ2v) is 6.30. The summed E-state index contributed by atoms with van der Waals surface area (Å²) in [5.41, 5.74) is 1.63. The van der Waals surface area contributed by atoms with Crippen LogP contribution < -0.4 is 4.90 Å². The topological polar surface area (TPSA) is 24.8 Å². The summed E-state index contributed by atoms with van der Waals surface area (Å²) in [5, 5.41) is 0.575. The van der Waals surface area contributed by atoms with E-state index in [9.17, 15) is 9.18 Å². The van der Waals surface area contributed by atoms with Crippen LogP contribution in [0, 0.1) is 5.82 Å². The zero-order valence-electron chi connectivity index (χ0n) is 12.8. The van der Waals surface area contributed by atoms with E-state index in [1.807, 2.05) is 11.0 Å². The molecule has 1 amide bonds. The van der Waals surface area contributed by atoms with E-state index < -0.39 is 0 Å². The van der Waals surface area contributed by atoms with Crippen LogP contribution in [0.4, 0.5) is 4.39 Å². The number of carbonyl (C=O) groups is 1. The standard InChI is InChI=1S/C18H18ClFN2O/c19-16-5-2-4-15(12-16)18(23)22-9-7-21(8-10-22)13-14-3-1-6-17(20)11-14/h1-6,11-12H,7-10,13H2/p+1. The van der Waals surface area contributed by atoms with Crippen LogP contribution in [0.3, 0.4) is 0 Å². The van der Waals surface area contributed by atoms with Gasteiger partial charge in [-0.3, -0.25) is 4.79 Å². The maximum absolute atomic E-state index is 13.2. The van der Waals surface area contributed by atoms with Crippen LogP contribution in [0.25, 0.3) is 0 Å². The summed E-state index contributed by atoms with van der Waals surface area (Å²) >= 11 is 5.95. The van der Waals surface area contributed by atoms with Gasteiger partial charge in [0, 0.05) is 16.1 Å². The van der Waals surface area contributed by atoms with E-state index in [4.69, 9.17) is 11.6 Å². The minimum absolute atomic E-state index is 0.0253. The van der Waals surface area contributed by atoms with E-state index in [0.29, 0.717) is 23.7 Å². The molecule has 3 nitrogen and oxygen atoms in total. The molecule has 2 aromatic rings. The molecule has 0 unspecified atom stereocenters. The van der Waals surface area contributed by atoms with Crippen LogP contribution in [0.5, 0.6) is 0 Å². The van der Waals surface area contributed by atoms with Gasteiger partial charge in [0.05, 0.1) is 26.2 Å². The number of hydrogen-bond acceptors (Lipinski definition) is 1. The molecule has 3 rings (SSSR count). The van der Waals surface area contributed by atoms with Crippen molar-refractivity contribution in [2.24, 2.45) is 0 Å². The Morgan fingerprint density at radius 2 is 1.87 bits per heavy atom. The molecule has 0 aromatic heterocycles. The SMILES string of the molecule is O=C(c1cccc(Cl)c1)N1CC[NH+](Cc2cccc(F)c2)CC1. The number of piperazine rings is 1. The molecule has 0 saturated carbocycles. The summed E-state index contributed by atoms with van der Waals surface area (Å²) in [7, 11) is 0. The molecule has 2 aromatic carbocycles. The number of halogens is 2. The Kier molecular flexibility index (Phi) is 4.94. The van der Waals surface area contributed by atoms with E-state index in [1.54, 1.807) is 36.4 Å². The van der Waals surface area contributed by atoms with Crippen molar-refractivity contribution < 1.29 is 14.1 Å². The minimum atomic E-state index is -0.198. The van der Waals surface area contributed by atoms with Crippen LogP contribution in [0.15, 0.2) is 48.5 Å². The number of amides is 1. The van der Waals surface area contributed by atoms with E-state index in [2.05, 4.69) is 0 Å². The van der Waals surface area contributed by atoms with E-state index in [1.165, 1.54) is 11.0 Å². The lowest BCUT2D eigenvalue weighted by Gasteiger charge is -2.32. The average molecular weight is 334 g/mol. The van der Waals surface area contributed by atoms with Crippen LogP contribution in [-0.4, -0.2) is 37.0 Å². The smallest absolute Gasteiger partial charge is 0.254 e. The number of carbonyl (C=O) groups excluding carboxylic acids is 1. The Labute approximate surface area is 140 Å². The van der Waals surface area contributed by atoms with Gasteiger partial charge in [0.15, 0.2) is 0 Å². The zero-order chi connectivity index (χ0) is 16.2. The van der Waals surface area contributed by atoms with Crippen molar-refractivity contribution in [1.29, 1.82) is 0 Å². The second-order valence-electron chi connectivity index (χ2n) is 5.86. The molecule has 0 aliphatic carbocycles. The van der Waals surface area contributed by atoms with Gasteiger partial charge in [0.2, 0.25) is 0 Å². The fraction of sp³-hybridized carbons (Fsp3) is 0.278. The minimum Gasteiger partial charge on any atom is -0.328 e. The molecule has 1 heterocycles. The number of nitrogens with zero attached hydrogens (tertiary/aromatic N) is 1. The molecule has 0 bridgehead atoms. The van der Waals surface area contributed by atoms with Gasteiger partial charge < -0.3 is 9.80 Å². The van der Waals surface area contributed by atoms with Crippen molar-refractivity contribution in [2.45, 2.75) is 6.54 Å². The van der Waals surface area contributed by atoms with Gasteiger partial charge in [-0.25, -0.2) is 4.39 Å². The molecule has 120 valence electrons. The molecular formula is C18H19ClFN2O+. The van der Waals surface area contributed by atoms with Crippen molar-refractivity contribution >= 4 is 17.5 Å². The number of benzene rings is 2. The third kappa shape index (κ3) is 4.09. The van der Waals surface area contributed by atoms with Crippen molar-refractivity contribution in [2.75, 3.05) is 26.2 Å². The first-order valence-corrected chi connectivity index (χ1v) is 8.12. The highest BCUT2D eigenvalue weighted by Gasteiger charge is 2.24. The average Bonchev–Trinajstić information content (AvgIpc) is 2.55. The quantitative estimate of drug-likeness (QED) is 0.913. The summed E-state index contributed by atoms with van der Waals surface area (Å²) < 4.78 is 13.2. The molecule has 1 N–H and O–H groups in total. The van der Waals surface area contributed by atoms with Gasteiger partial charge >= 0.3 is 0 Å². The Morgan fingerprint density at radius 1 is 1.13 bits per heavy atom. The Morgan fingerprint density at radius 3 is 2.57 bits per heavy atom. The Bertz CT molecular complexity index is 699. The lowest BCUT2D eigenvalue weighted by Crippen LogP contribution is -3.13. The monoisotopic (exact) mass is 333 g/mol. The predicted octanol–water partition coefficient (Wildman–Crippen LogP) is 2.02. The molecular weight excluding hydrogens is 315 g/mol. The largest absolute Gasteiger partial charge is 0.328 e. The van der Waals surface area contributed by atoms with E-state index in [0.717, 1.165) is 25.2 Å². The van der Waals surface area contributed by atoms with Gasteiger partial charge in [-0.2, -0.15) is 0 Å². The van der Waals surface area contributed by atoms with Crippen molar-refractivity contribution in [1.82, 2.24) is 4.90 Å². The third-order valence-corrected chi connectivity index (χ3v) is 4.41. The first-order chi connectivity index (χ1) is 11.1. The van der Waals surface area contributed by atoms with Crippen LogP contribution >= 0.6 is 11.6 Å². The van der Waals surface area contributed by atoms with Crippen molar-refractivity contribution in [3.63, 3.8) is 0 Å². The maximum atomic E-state index is 13.2. The first kappa shape index (κ1) is 16.0. The molecule has 1 saturated heterocycles. The number of nitrogens with one attached hydrogen (secondary N) is 1. The Balaban J connectivity index is 1.57. The highest BCUT2D eigenvalue weighted by atomic mass is 35.5. The molecule has 23 heavy (non-hydrogen) atoms. The molecule has 1 aliphatic heterocycles. The van der Waals surface area contributed by atoms with Gasteiger partial charge in [-0.05, 0) is 30.3 Å². The Hall–Kier alpha value is -1.91. The van der Waals surface area contributed by atoms with Gasteiger partial charge in [0.25, 0.3) is 5.91 Å². The van der Waals surface area contributed by atoms with Crippen LogP contribution in [0.2, 0.25) is 5.02 Å². The highest BCUT2D eigenvalue weighted by molar-refractivity contribution is 6.30. The molecule has 1 fully saturated rings. The fourth-order valence-electron chi connectivity index (χ4n) is 2.94. The second kappa shape index (κ2) is 7.11. The molecule has 0 spiro atoms. The van der Waals surface area contributed by atoms with Crippen LogP contribution in [0.1, 0.15) is 15.9 Å². The normalized spacial score (nSPS) is 15.7. The number of rotatable bonds is 3. The van der Waals surface area contributed by atoms with Gasteiger partial charge in [-0.15, -0.1) is 0 Å². The van der Waals surface area contributed by atoms with Crippen LogP contribution in [-0.2, 0) is 6.54 Å². The van der Waals surface area contributed by atoms with Gasteiger partial charge in [0.1, 0.15) is 12.4 Å². The molecule has 5 heteroatoms. The van der Waals surface area contributed by atoms with Crippen molar-refractivity contribution in [3.8, 4) is 0 Å². The first-order valence-electron chi connectivity index (χ1n) is 7.75. The summed E-state index contributed by atoms with van der Waals surface area (Å²) in [4.78, 5) is 15.7. The summed E-state index contributed by atoms with van der Waals surface area (Å²) in [6, 6.07) is 13.8. The molecule has 0 atom stereocenters. The van der Waals surface area contributed by atoms with E-state index in [-0.39, 0.29) is 11.7 Å². The third-order valence-electron chi connectivity index (χ3n) is 4.17. The van der Waals surface area contributed by atoms with E-state index >= 15 is 0 Å². The predicted molar refractivity (Wildman–Crippen MR) is 88.2 cm³/mol.